The predicted molar refractivity (Wildman–Crippen MR) is 80.9 cm³/mol. The Morgan fingerprint density at radius 1 is 1.35 bits per heavy atom. The summed E-state index contributed by atoms with van der Waals surface area (Å²) in [4.78, 5) is 12.0. The van der Waals surface area contributed by atoms with Gasteiger partial charge >= 0.3 is 0 Å². The number of rotatable bonds is 4. The molecule has 0 radical (unpaired) electrons. The Morgan fingerprint density at radius 3 is 2.55 bits per heavy atom. The Kier molecular flexibility index (Phi) is 5.80. The number of carbonyl (C=O) groups is 1. The van der Waals surface area contributed by atoms with Crippen LogP contribution in [0.25, 0.3) is 0 Å². The highest BCUT2D eigenvalue weighted by Gasteiger charge is 2.13. The maximum absolute atomic E-state index is 12.0. The van der Waals surface area contributed by atoms with Crippen LogP contribution in [0.15, 0.2) is 41.0 Å². The molecule has 3 N–H and O–H groups in total. The van der Waals surface area contributed by atoms with Crippen LogP contribution in [0.4, 0.5) is 0 Å². The number of halogens is 1. The normalized spacial score (nSPS) is 11.6. The van der Waals surface area contributed by atoms with Gasteiger partial charge in [-0.1, -0.05) is 29.8 Å². The van der Waals surface area contributed by atoms with Gasteiger partial charge in [0.25, 0.3) is 5.91 Å². The minimum Gasteiger partial charge on any atom is -0.467 e. The summed E-state index contributed by atoms with van der Waals surface area (Å²) in [5, 5.41) is 2.93. The molecule has 1 atom stereocenters. The van der Waals surface area contributed by atoms with Crippen LogP contribution in [0.3, 0.4) is 0 Å². The number of furan rings is 1. The van der Waals surface area contributed by atoms with Gasteiger partial charge in [-0.15, -0.1) is 12.4 Å². The SMILES string of the molecule is Cc1ccc(C(C)NC(=O)c2coc(CN)c2)cc1.Cl. The summed E-state index contributed by atoms with van der Waals surface area (Å²) in [5.41, 5.74) is 8.21. The van der Waals surface area contributed by atoms with Crippen LogP contribution in [-0.4, -0.2) is 5.91 Å². The van der Waals surface area contributed by atoms with Crippen LogP contribution in [0.2, 0.25) is 0 Å². The third-order valence-corrected chi connectivity index (χ3v) is 3.04. The fraction of sp³-hybridized carbons (Fsp3) is 0.267. The van der Waals surface area contributed by atoms with E-state index in [9.17, 15) is 4.79 Å². The fourth-order valence-electron chi connectivity index (χ4n) is 1.83. The van der Waals surface area contributed by atoms with Crippen LogP contribution in [-0.2, 0) is 6.54 Å². The van der Waals surface area contributed by atoms with Crippen molar-refractivity contribution in [1.82, 2.24) is 5.32 Å². The highest BCUT2D eigenvalue weighted by molar-refractivity contribution is 5.94. The van der Waals surface area contributed by atoms with Crippen LogP contribution < -0.4 is 11.1 Å². The Bertz CT molecular complexity index is 564. The van der Waals surface area contributed by atoms with E-state index in [1.165, 1.54) is 11.8 Å². The molecular weight excluding hydrogens is 276 g/mol. The van der Waals surface area contributed by atoms with Gasteiger partial charge in [-0.25, -0.2) is 0 Å². The molecule has 1 aromatic carbocycles. The first-order valence-electron chi connectivity index (χ1n) is 6.25. The van der Waals surface area contributed by atoms with Crippen LogP contribution >= 0.6 is 12.4 Å². The van der Waals surface area contributed by atoms with Crippen molar-refractivity contribution < 1.29 is 9.21 Å². The largest absolute Gasteiger partial charge is 0.467 e. The Balaban J connectivity index is 0.00000200. The average Bonchev–Trinajstić information content (AvgIpc) is 2.88. The molecule has 1 amide bonds. The second kappa shape index (κ2) is 7.12. The molecule has 0 bridgehead atoms. The van der Waals surface area contributed by atoms with E-state index >= 15 is 0 Å². The number of aryl methyl sites for hydroxylation is 1. The molecule has 5 heteroatoms. The van der Waals surface area contributed by atoms with Crippen molar-refractivity contribution in [2.45, 2.75) is 26.4 Å². The van der Waals surface area contributed by atoms with E-state index in [0.29, 0.717) is 17.9 Å². The van der Waals surface area contributed by atoms with Gasteiger partial charge in [0.1, 0.15) is 12.0 Å². The lowest BCUT2D eigenvalue weighted by Gasteiger charge is -2.13. The molecule has 2 rings (SSSR count). The second-order valence-corrected chi connectivity index (χ2v) is 4.61. The molecule has 0 fully saturated rings. The quantitative estimate of drug-likeness (QED) is 0.911. The lowest BCUT2D eigenvalue weighted by atomic mass is 10.1. The molecule has 1 heterocycles. The molecule has 0 aliphatic heterocycles. The number of nitrogens with one attached hydrogen (secondary N) is 1. The zero-order valence-electron chi connectivity index (χ0n) is 11.6. The highest BCUT2D eigenvalue weighted by atomic mass is 35.5. The summed E-state index contributed by atoms with van der Waals surface area (Å²) < 4.78 is 5.15. The van der Waals surface area contributed by atoms with E-state index in [1.54, 1.807) is 6.07 Å². The molecule has 108 valence electrons. The monoisotopic (exact) mass is 294 g/mol. The van der Waals surface area contributed by atoms with E-state index in [-0.39, 0.29) is 24.4 Å². The second-order valence-electron chi connectivity index (χ2n) is 4.61. The van der Waals surface area contributed by atoms with Gasteiger partial charge in [-0.2, -0.15) is 0 Å². The van der Waals surface area contributed by atoms with Crippen LogP contribution in [0.1, 0.15) is 40.2 Å². The van der Waals surface area contributed by atoms with Gasteiger partial charge in [0.2, 0.25) is 0 Å². The molecule has 20 heavy (non-hydrogen) atoms. The lowest BCUT2D eigenvalue weighted by Crippen LogP contribution is -2.26. The average molecular weight is 295 g/mol. The van der Waals surface area contributed by atoms with Crippen molar-refractivity contribution in [1.29, 1.82) is 0 Å². The molecule has 0 aliphatic carbocycles. The topological polar surface area (TPSA) is 68.3 Å². The van der Waals surface area contributed by atoms with Crippen LogP contribution in [0.5, 0.6) is 0 Å². The molecular formula is C15H19ClN2O2. The van der Waals surface area contributed by atoms with E-state index < -0.39 is 0 Å². The minimum atomic E-state index is -0.156. The van der Waals surface area contributed by atoms with Crippen molar-refractivity contribution in [2.75, 3.05) is 0 Å². The summed E-state index contributed by atoms with van der Waals surface area (Å²) in [6.45, 7) is 4.28. The number of hydrogen-bond acceptors (Lipinski definition) is 3. The van der Waals surface area contributed by atoms with Gasteiger partial charge in [0, 0.05) is 0 Å². The number of nitrogens with two attached hydrogens (primary N) is 1. The molecule has 0 saturated carbocycles. The molecule has 0 aliphatic rings. The van der Waals surface area contributed by atoms with Gasteiger partial charge in [-0.05, 0) is 25.5 Å². The van der Waals surface area contributed by atoms with Crippen molar-refractivity contribution >= 4 is 18.3 Å². The molecule has 0 spiro atoms. The van der Waals surface area contributed by atoms with E-state index in [1.807, 2.05) is 38.1 Å². The summed E-state index contributed by atoms with van der Waals surface area (Å²) in [5.74, 6) is 0.449. The zero-order valence-corrected chi connectivity index (χ0v) is 12.4. The Labute approximate surface area is 124 Å². The maximum Gasteiger partial charge on any atom is 0.255 e. The maximum atomic E-state index is 12.0. The predicted octanol–water partition coefficient (Wildman–Crippen LogP) is 2.96. The smallest absolute Gasteiger partial charge is 0.255 e. The molecule has 2 aromatic rings. The highest BCUT2D eigenvalue weighted by Crippen LogP contribution is 2.15. The number of amides is 1. The zero-order chi connectivity index (χ0) is 13.8. The summed E-state index contributed by atoms with van der Waals surface area (Å²) in [6.07, 6.45) is 1.43. The third-order valence-electron chi connectivity index (χ3n) is 3.04. The first-order chi connectivity index (χ1) is 9.10. The Hall–Kier alpha value is -1.78. The molecule has 4 nitrogen and oxygen atoms in total. The third kappa shape index (κ3) is 3.85. The fourth-order valence-corrected chi connectivity index (χ4v) is 1.83. The molecule has 1 aromatic heterocycles. The van der Waals surface area contributed by atoms with Gasteiger partial charge in [0.05, 0.1) is 18.2 Å². The summed E-state index contributed by atoms with van der Waals surface area (Å²) >= 11 is 0. The van der Waals surface area contributed by atoms with Crippen LogP contribution in [0, 0.1) is 6.92 Å². The molecule has 0 saturated heterocycles. The lowest BCUT2D eigenvalue weighted by molar-refractivity contribution is 0.0939. The Morgan fingerprint density at radius 2 is 2.00 bits per heavy atom. The van der Waals surface area contributed by atoms with Gasteiger partial charge < -0.3 is 15.5 Å². The van der Waals surface area contributed by atoms with Crippen molar-refractivity contribution in [2.24, 2.45) is 5.73 Å². The van der Waals surface area contributed by atoms with Crippen molar-refractivity contribution in [3.63, 3.8) is 0 Å². The molecule has 1 unspecified atom stereocenters. The summed E-state index contributed by atoms with van der Waals surface area (Å²) in [6, 6.07) is 9.70. The van der Waals surface area contributed by atoms with Crippen molar-refractivity contribution in [3.05, 3.63) is 59.0 Å². The number of carbonyl (C=O) groups excluding carboxylic acids is 1. The standard InChI is InChI=1S/C15H18N2O2.ClH/c1-10-3-5-12(6-4-10)11(2)17-15(18)13-7-14(8-16)19-9-13;/h3-7,9,11H,8,16H2,1-2H3,(H,17,18);1H. The minimum absolute atomic E-state index is 0. The number of hydrogen-bond donors (Lipinski definition) is 2. The first-order valence-corrected chi connectivity index (χ1v) is 6.25. The van der Waals surface area contributed by atoms with E-state index in [4.69, 9.17) is 10.2 Å². The van der Waals surface area contributed by atoms with E-state index in [2.05, 4.69) is 5.32 Å². The van der Waals surface area contributed by atoms with E-state index in [0.717, 1.165) is 5.56 Å². The van der Waals surface area contributed by atoms with Gasteiger partial charge in [-0.3, -0.25) is 4.79 Å². The van der Waals surface area contributed by atoms with Gasteiger partial charge in [0.15, 0.2) is 0 Å². The first kappa shape index (κ1) is 16.3. The number of benzene rings is 1. The summed E-state index contributed by atoms with van der Waals surface area (Å²) in [7, 11) is 0. The van der Waals surface area contributed by atoms with Crippen molar-refractivity contribution in [3.8, 4) is 0 Å².